The predicted octanol–water partition coefficient (Wildman–Crippen LogP) is 3.27. The molecule has 0 aliphatic rings. The van der Waals surface area contributed by atoms with E-state index in [0.29, 0.717) is 21.9 Å². The van der Waals surface area contributed by atoms with Gasteiger partial charge in [0.15, 0.2) is 11.8 Å². The van der Waals surface area contributed by atoms with E-state index < -0.39 is 23.6 Å². The van der Waals surface area contributed by atoms with Crippen LogP contribution in [0.4, 0.5) is 13.2 Å². The van der Waals surface area contributed by atoms with Crippen molar-refractivity contribution in [2.75, 3.05) is 19.8 Å². The monoisotopic (exact) mass is 459 g/mol. The number of rotatable bonds is 8. The number of pyridine rings is 1. The Morgan fingerprint density at radius 2 is 1.81 bits per heavy atom. The van der Waals surface area contributed by atoms with Crippen molar-refractivity contribution in [1.82, 2.24) is 15.0 Å². The molecule has 0 bridgehead atoms. The zero-order valence-corrected chi connectivity index (χ0v) is 17.7. The number of imidazole rings is 1. The molecule has 3 aromatic rings. The highest BCUT2D eigenvalue weighted by atomic mass is 32.2. The lowest BCUT2D eigenvalue weighted by Crippen LogP contribution is -2.19. The van der Waals surface area contributed by atoms with Crippen molar-refractivity contribution in [1.29, 1.82) is 0 Å². The van der Waals surface area contributed by atoms with E-state index >= 15 is 0 Å². The van der Waals surface area contributed by atoms with E-state index in [1.54, 1.807) is 13.0 Å². The molecule has 1 unspecified atom stereocenters. The molecule has 0 saturated carbocycles. The predicted molar refractivity (Wildman–Crippen MR) is 110 cm³/mol. The van der Waals surface area contributed by atoms with Gasteiger partial charge in [0.2, 0.25) is 0 Å². The number of halogens is 3. The molecule has 0 saturated heterocycles. The molecular formula is C20H24F3N3O4S. The number of benzene rings is 1. The minimum Gasteiger partial charge on any atom is -0.484 e. The lowest BCUT2D eigenvalue weighted by Gasteiger charge is -2.13. The highest BCUT2D eigenvalue weighted by molar-refractivity contribution is 7.84. The van der Waals surface area contributed by atoms with Gasteiger partial charge in [-0.3, -0.25) is 9.19 Å². The molecule has 11 heteroatoms. The maximum absolute atomic E-state index is 12.5. The topological polar surface area (TPSA) is 108 Å². The van der Waals surface area contributed by atoms with Crippen molar-refractivity contribution in [3.63, 3.8) is 0 Å². The first-order valence-electron chi connectivity index (χ1n) is 9.44. The van der Waals surface area contributed by atoms with E-state index in [2.05, 4.69) is 15.0 Å². The first-order valence-corrected chi connectivity index (χ1v) is 10.8. The van der Waals surface area contributed by atoms with Crippen LogP contribution in [0.15, 0.2) is 41.7 Å². The molecule has 1 aromatic carbocycles. The number of aromatic amines is 1. The summed E-state index contributed by atoms with van der Waals surface area (Å²) in [4.78, 5) is 11.3. The molecule has 31 heavy (non-hydrogen) atoms. The van der Waals surface area contributed by atoms with Gasteiger partial charge in [0.25, 0.3) is 0 Å². The second-order valence-electron chi connectivity index (χ2n) is 6.49. The average molecular weight is 459 g/mol. The van der Waals surface area contributed by atoms with Crippen molar-refractivity contribution in [3.8, 4) is 5.75 Å². The van der Waals surface area contributed by atoms with Crippen LogP contribution >= 0.6 is 0 Å². The van der Waals surface area contributed by atoms with Crippen LogP contribution in [0.1, 0.15) is 24.1 Å². The molecule has 3 rings (SSSR count). The van der Waals surface area contributed by atoms with E-state index in [0.717, 1.165) is 18.4 Å². The second kappa shape index (κ2) is 11.8. The van der Waals surface area contributed by atoms with Gasteiger partial charge in [-0.2, -0.15) is 13.2 Å². The Bertz CT molecular complexity index is 958. The number of nitrogens with zero attached hydrogens (tertiary/aromatic N) is 2. The molecule has 2 heterocycles. The number of H-pyrrole nitrogens is 1. The Morgan fingerprint density at radius 1 is 1.13 bits per heavy atom. The number of hydrogen-bond donors (Lipinski definition) is 3. The fraction of sp³-hybridized carbons (Fsp3) is 0.400. The summed E-state index contributed by atoms with van der Waals surface area (Å²) in [6, 6.07) is 8.62. The van der Waals surface area contributed by atoms with Crippen LogP contribution in [0.5, 0.6) is 5.75 Å². The van der Waals surface area contributed by atoms with Gasteiger partial charge in [0.05, 0.1) is 33.3 Å². The van der Waals surface area contributed by atoms with Gasteiger partial charge in [0, 0.05) is 25.0 Å². The number of aromatic nitrogens is 3. The highest BCUT2D eigenvalue weighted by Gasteiger charge is 2.29. The third-order valence-electron chi connectivity index (χ3n) is 4.07. The number of nitrogens with one attached hydrogen (secondary N) is 1. The summed E-state index contributed by atoms with van der Waals surface area (Å²) in [5.74, 6) is 0.0958. The van der Waals surface area contributed by atoms with Gasteiger partial charge in [0.1, 0.15) is 5.75 Å². The molecule has 0 aliphatic carbocycles. The molecule has 0 spiro atoms. The molecular weight excluding hydrogens is 435 g/mol. The Kier molecular flexibility index (Phi) is 9.41. The molecule has 7 nitrogen and oxygen atoms in total. The van der Waals surface area contributed by atoms with Crippen molar-refractivity contribution in [2.24, 2.45) is 0 Å². The third kappa shape index (κ3) is 7.93. The smallest absolute Gasteiger partial charge is 0.422 e. The number of ether oxygens (including phenoxy) is 1. The first kappa shape index (κ1) is 24.8. The fourth-order valence-electron chi connectivity index (χ4n) is 2.47. The van der Waals surface area contributed by atoms with Crippen LogP contribution in [0.3, 0.4) is 0 Å². The van der Waals surface area contributed by atoms with Crippen molar-refractivity contribution >= 4 is 21.8 Å². The largest absolute Gasteiger partial charge is 0.484 e. The molecule has 3 N–H and O–H groups in total. The van der Waals surface area contributed by atoms with E-state index in [1.165, 1.54) is 12.3 Å². The molecule has 1 atom stereocenters. The van der Waals surface area contributed by atoms with E-state index in [9.17, 15) is 17.4 Å². The fourth-order valence-corrected chi connectivity index (χ4v) is 3.57. The molecule has 0 aliphatic heterocycles. The summed E-state index contributed by atoms with van der Waals surface area (Å²) < 4.78 is 54.2. The molecule has 0 amide bonds. The van der Waals surface area contributed by atoms with Crippen molar-refractivity contribution in [2.45, 2.75) is 36.9 Å². The highest BCUT2D eigenvalue weighted by Crippen LogP contribution is 2.24. The Hall–Kier alpha value is -2.50. The summed E-state index contributed by atoms with van der Waals surface area (Å²) in [7, 11) is -1.51. The standard InChI is InChI=1S/C16H14F3N3O2S.C4H10O2/c1-10-13(20-7-6-14(10)24-9-16(17,18)19)8-25(23)15-21-11-4-2-3-5-12(11)22-15;5-3-1-2-4-6/h2-7H,8-9H2,1H3,(H,21,22);5-6H,1-4H2. The second-order valence-corrected chi connectivity index (χ2v) is 7.85. The summed E-state index contributed by atoms with van der Waals surface area (Å²) in [5.41, 5.74) is 2.28. The zero-order chi connectivity index (χ0) is 22.9. The van der Waals surface area contributed by atoms with Crippen molar-refractivity contribution < 1.29 is 32.3 Å². The number of hydrogen-bond acceptors (Lipinski definition) is 6. The lowest BCUT2D eigenvalue weighted by molar-refractivity contribution is -0.153. The summed E-state index contributed by atoms with van der Waals surface area (Å²) in [6.07, 6.45) is -1.65. The van der Waals surface area contributed by atoms with E-state index in [4.69, 9.17) is 14.9 Å². The quantitative estimate of drug-likeness (QED) is 0.446. The Balaban J connectivity index is 0.000000501. The SMILES string of the molecule is Cc1c(OCC(F)(F)F)ccnc1CS(=O)c1nc2ccccc2[nH]1.OCCCCO. The average Bonchev–Trinajstić information content (AvgIpc) is 3.17. The number of unbranched alkanes of at least 4 members (excludes halogenated alkanes) is 1. The summed E-state index contributed by atoms with van der Waals surface area (Å²) in [6.45, 7) is 0.592. The van der Waals surface area contributed by atoms with Gasteiger partial charge in [-0.15, -0.1) is 0 Å². The van der Waals surface area contributed by atoms with E-state index in [1.807, 2.05) is 18.2 Å². The normalized spacial score (nSPS) is 12.3. The van der Waals surface area contributed by atoms with Crippen LogP contribution in [0, 0.1) is 6.92 Å². The van der Waals surface area contributed by atoms with Crippen LogP contribution in [0.25, 0.3) is 11.0 Å². The van der Waals surface area contributed by atoms with Gasteiger partial charge in [-0.1, -0.05) is 12.1 Å². The van der Waals surface area contributed by atoms with Crippen LogP contribution in [-0.4, -0.2) is 55.4 Å². The van der Waals surface area contributed by atoms with Gasteiger partial charge in [-0.25, -0.2) is 4.98 Å². The number of para-hydroxylation sites is 2. The minimum atomic E-state index is -4.42. The molecule has 170 valence electrons. The van der Waals surface area contributed by atoms with Gasteiger partial charge < -0.3 is 19.9 Å². The van der Waals surface area contributed by atoms with Crippen LogP contribution < -0.4 is 4.74 Å². The number of aliphatic hydroxyl groups is 2. The number of fused-ring (bicyclic) bond motifs is 1. The number of alkyl halides is 3. The van der Waals surface area contributed by atoms with E-state index in [-0.39, 0.29) is 24.7 Å². The zero-order valence-electron chi connectivity index (χ0n) is 16.9. The maximum atomic E-state index is 12.5. The van der Waals surface area contributed by atoms with Crippen molar-refractivity contribution in [3.05, 3.63) is 47.8 Å². The van der Waals surface area contributed by atoms with Gasteiger partial charge in [-0.05, 0) is 38.0 Å². The minimum absolute atomic E-state index is 0.0227. The Labute approximate surface area is 179 Å². The lowest BCUT2D eigenvalue weighted by atomic mass is 10.2. The third-order valence-corrected chi connectivity index (χ3v) is 5.23. The molecule has 2 aromatic heterocycles. The summed E-state index contributed by atoms with van der Waals surface area (Å²) in [5, 5.41) is 16.5. The summed E-state index contributed by atoms with van der Waals surface area (Å²) >= 11 is 0. The van der Waals surface area contributed by atoms with Crippen LogP contribution in [-0.2, 0) is 16.6 Å². The van der Waals surface area contributed by atoms with Crippen LogP contribution in [0.2, 0.25) is 0 Å². The molecule has 0 fully saturated rings. The first-order chi connectivity index (χ1) is 14.7. The number of aliphatic hydroxyl groups excluding tert-OH is 2. The Morgan fingerprint density at radius 3 is 2.42 bits per heavy atom. The van der Waals surface area contributed by atoms with Gasteiger partial charge >= 0.3 is 6.18 Å². The maximum Gasteiger partial charge on any atom is 0.422 e. The molecule has 0 radical (unpaired) electrons.